The lowest BCUT2D eigenvalue weighted by Crippen LogP contribution is -2.38. The number of carbonyl (C=O) groups is 1. The molecule has 7 heteroatoms. The van der Waals surface area contributed by atoms with E-state index in [0.717, 1.165) is 44.7 Å². The number of benzene rings is 2. The summed E-state index contributed by atoms with van der Waals surface area (Å²) in [7, 11) is 0. The molecule has 144 valence electrons. The van der Waals surface area contributed by atoms with E-state index in [1.165, 1.54) is 0 Å². The molecule has 1 aliphatic rings. The van der Waals surface area contributed by atoms with Gasteiger partial charge in [0.25, 0.3) is 0 Å². The summed E-state index contributed by atoms with van der Waals surface area (Å²) >= 11 is 6.28. The van der Waals surface area contributed by atoms with Crippen molar-refractivity contribution < 1.29 is 4.79 Å². The number of nitrogens with zero attached hydrogens (tertiary/aromatic N) is 3. The van der Waals surface area contributed by atoms with Gasteiger partial charge in [0.1, 0.15) is 5.69 Å². The first-order valence-electron chi connectivity index (χ1n) is 9.32. The van der Waals surface area contributed by atoms with Crippen LogP contribution in [0.15, 0.2) is 54.7 Å². The molecule has 0 radical (unpaired) electrons. The Balaban J connectivity index is 1.52. The molecule has 3 heterocycles. The molecule has 0 saturated heterocycles. The average molecular weight is 404 g/mol. The molecule has 0 fully saturated rings. The molecule has 2 aromatic carbocycles. The molecule has 1 aliphatic heterocycles. The Bertz CT molecular complexity index is 1250. The van der Waals surface area contributed by atoms with Gasteiger partial charge in [-0.25, -0.2) is 4.79 Å². The fourth-order valence-electron chi connectivity index (χ4n) is 3.70. The number of carbonyl (C=O) groups excluding carboxylic acids is 1. The van der Waals surface area contributed by atoms with Gasteiger partial charge in [0.05, 0.1) is 5.52 Å². The number of hydrogen-bond acceptors (Lipinski definition) is 3. The summed E-state index contributed by atoms with van der Waals surface area (Å²) in [6, 6.07) is 15.5. The van der Waals surface area contributed by atoms with Crippen molar-refractivity contribution in [3.63, 3.8) is 0 Å². The van der Waals surface area contributed by atoms with Crippen LogP contribution in [-0.2, 0) is 13.1 Å². The van der Waals surface area contributed by atoms with E-state index in [2.05, 4.69) is 26.6 Å². The highest BCUT2D eigenvalue weighted by molar-refractivity contribution is 6.31. The summed E-state index contributed by atoms with van der Waals surface area (Å²) in [5.74, 6) is 0. The first kappa shape index (κ1) is 17.7. The number of rotatable bonds is 3. The second-order valence-electron chi connectivity index (χ2n) is 7.19. The number of aromatic nitrogens is 3. The van der Waals surface area contributed by atoms with Crippen molar-refractivity contribution in [3.05, 3.63) is 76.6 Å². The molecule has 2 amide bonds. The van der Waals surface area contributed by atoms with Crippen molar-refractivity contribution in [2.45, 2.75) is 20.0 Å². The molecule has 0 spiro atoms. The fourth-order valence-corrected chi connectivity index (χ4v) is 3.90. The minimum atomic E-state index is -0.138. The number of hydrogen-bond donors (Lipinski definition) is 2. The van der Waals surface area contributed by atoms with Crippen LogP contribution in [0.25, 0.3) is 22.2 Å². The third kappa shape index (κ3) is 3.21. The predicted octanol–water partition coefficient (Wildman–Crippen LogP) is 5.13. The van der Waals surface area contributed by atoms with Crippen LogP contribution in [0.4, 0.5) is 10.5 Å². The lowest BCUT2D eigenvalue weighted by Gasteiger charge is -2.29. The first-order chi connectivity index (χ1) is 14.1. The molecule has 0 aliphatic carbocycles. The summed E-state index contributed by atoms with van der Waals surface area (Å²) in [5.41, 5.74) is 6.48. The Hall–Kier alpha value is -3.38. The lowest BCUT2D eigenvalue weighted by atomic mass is 10.0. The van der Waals surface area contributed by atoms with Crippen molar-refractivity contribution in [3.8, 4) is 11.3 Å². The van der Waals surface area contributed by atoms with E-state index < -0.39 is 0 Å². The Morgan fingerprint density at radius 1 is 1.17 bits per heavy atom. The molecule has 5 rings (SSSR count). The van der Waals surface area contributed by atoms with Crippen LogP contribution in [0.1, 0.15) is 16.8 Å². The van der Waals surface area contributed by atoms with Gasteiger partial charge in [-0.3, -0.25) is 10.1 Å². The summed E-state index contributed by atoms with van der Waals surface area (Å²) < 4.78 is 0. The van der Waals surface area contributed by atoms with Gasteiger partial charge in [0.2, 0.25) is 0 Å². The minimum absolute atomic E-state index is 0.138. The second kappa shape index (κ2) is 6.90. The van der Waals surface area contributed by atoms with E-state index in [4.69, 9.17) is 11.6 Å². The molecule has 2 aromatic heterocycles. The number of nitrogens with one attached hydrogen (secondary N) is 2. The van der Waals surface area contributed by atoms with E-state index in [9.17, 15) is 4.79 Å². The minimum Gasteiger partial charge on any atom is -0.316 e. The number of aromatic amines is 1. The molecule has 2 N–H and O–H groups in total. The summed E-state index contributed by atoms with van der Waals surface area (Å²) in [5, 5.41) is 12.2. The van der Waals surface area contributed by atoms with Crippen LogP contribution >= 0.6 is 11.6 Å². The van der Waals surface area contributed by atoms with Crippen molar-refractivity contribution in [1.82, 2.24) is 20.1 Å². The maximum absolute atomic E-state index is 12.6. The number of amides is 2. The number of fused-ring (bicyclic) bond motifs is 2. The molecular weight excluding hydrogens is 386 g/mol. The lowest BCUT2D eigenvalue weighted by molar-refractivity contribution is 0.204. The summed E-state index contributed by atoms with van der Waals surface area (Å²) in [4.78, 5) is 18.6. The third-order valence-corrected chi connectivity index (χ3v) is 5.53. The van der Waals surface area contributed by atoms with Crippen molar-refractivity contribution in [1.29, 1.82) is 0 Å². The average Bonchev–Trinajstić information content (AvgIpc) is 3.11. The normalized spacial score (nSPS) is 13.4. The molecule has 0 saturated carbocycles. The van der Waals surface area contributed by atoms with Crippen LogP contribution in [-0.4, -0.2) is 26.1 Å². The number of pyridine rings is 1. The van der Waals surface area contributed by atoms with Crippen molar-refractivity contribution in [2.75, 3.05) is 5.32 Å². The molecule has 4 aromatic rings. The Kier molecular flexibility index (Phi) is 4.21. The number of halogens is 1. The standard InChI is InChI=1S/C22H18ClN5O/c1-13-8-14(6-7-24-13)21-17-9-16-12-28(11-15-4-2-3-5-18(15)23)22(29)25-19(16)10-20(17)26-27-21/h2-10H,11-12H2,1H3,(H,25,29)(H,26,27). The Labute approximate surface area is 172 Å². The molecule has 0 atom stereocenters. The van der Waals surface area contributed by atoms with Crippen molar-refractivity contribution in [2.24, 2.45) is 0 Å². The first-order valence-corrected chi connectivity index (χ1v) is 9.69. The van der Waals surface area contributed by atoms with Gasteiger partial charge in [-0.1, -0.05) is 29.8 Å². The van der Waals surface area contributed by atoms with Crippen LogP contribution in [0.5, 0.6) is 0 Å². The van der Waals surface area contributed by atoms with Gasteiger partial charge < -0.3 is 10.2 Å². The largest absolute Gasteiger partial charge is 0.322 e. The van der Waals surface area contributed by atoms with Crippen LogP contribution in [0, 0.1) is 6.92 Å². The number of urea groups is 1. The van der Waals surface area contributed by atoms with Gasteiger partial charge in [0, 0.05) is 46.6 Å². The third-order valence-electron chi connectivity index (χ3n) is 5.17. The molecule has 29 heavy (non-hydrogen) atoms. The maximum Gasteiger partial charge on any atom is 0.322 e. The van der Waals surface area contributed by atoms with Gasteiger partial charge in [-0.15, -0.1) is 0 Å². The zero-order valence-corrected chi connectivity index (χ0v) is 16.5. The number of aryl methyl sites for hydroxylation is 1. The number of anilines is 1. The molecule has 0 unspecified atom stereocenters. The fraction of sp³-hybridized carbons (Fsp3) is 0.136. The zero-order valence-electron chi connectivity index (χ0n) is 15.7. The zero-order chi connectivity index (χ0) is 20.0. The highest BCUT2D eigenvalue weighted by Gasteiger charge is 2.24. The van der Waals surface area contributed by atoms with Gasteiger partial charge in [-0.2, -0.15) is 5.10 Å². The van der Waals surface area contributed by atoms with Gasteiger partial charge >= 0.3 is 6.03 Å². The topological polar surface area (TPSA) is 73.9 Å². The second-order valence-corrected chi connectivity index (χ2v) is 7.60. The van der Waals surface area contributed by atoms with E-state index in [1.54, 1.807) is 11.1 Å². The molecule has 6 nitrogen and oxygen atoms in total. The summed E-state index contributed by atoms with van der Waals surface area (Å²) in [6.45, 7) is 2.91. The van der Waals surface area contributed by atoms with Gasteiger partial charge in [0.15, 0.2) is 0 Å². The highest BCUT2D eigenvalue weighted by atomic mass is 35.5. The Morgan fingerprint density at radius 2 is 2.03 bits per heavy atom. The van der Waals surface area contributed by atoms with Crippen LogP contribution < -0.4 is 5.32 Å². The smallest absolute Gasteiger partial charge is 0.316 e. The highest BCUT2D eigenvalue weighted by Crippen LogP contribution is 2.33. The predicted molar refractivity (Wildman–Crippen MR) is 114 cm³/mol. The maximum atomic E-state index is 12.6. The van der Waals surface area contributed by atoms with Crippen LogP contribution in [0.3, 0.4) is 0 Å². The van der Waals surface area contributed by atoms with Crippen LogP contribution in [0.2, 0.25) is 5.02 Å². The summed E-state index contributed by atoms with van der Waals surface area (Å²) in [6.07, 6.45) is 1.79. The van der Waals surface area contributed by atoms with E-state index in [-0.39, 0.29) is 6.03 Å². The Morgan fingerprint density at radius 3 is 2.86 bits per heavy atom. The quantitative estimate of drug-likeness (QED) is 0.497. The van der Waals surface area contributed by atoms with E-state index in [0.29, 0.717) is 18.1 Å². The van der Waals surface area contributed by atoms with Crippen molar-refractivity contribution >= 4 is 34.2 Å². The number of H-pyrrole nitrogens is 1. The molecular formula is C22H18ClN5O. The SMILES string of the molecule is Cc1cc(-c2n[nH]c3cc4c(cc23)CN(Cc2ccccc2Cl)C(=O)N4)ccn1. The van der Waals surface area contributed by atoms with Gasteiger partial charge in [-0.05, 0) is 48.4 Å². The van der Waals surface area contributed by atoms with E-state index >= 15 is 0 Å². The van der Waals surface area contributed by atoms with E-state index in [1.807, 2.05) is 49.4 Å². The monoisotopic (exact) mass is 403 g/mol. The molecule has 0 bridgehead atoms.